The average molecular weight is 983 g/mol. The lowest BCUT2D eigenvalue weighted by Crippen LogP contribution is -2.36. The largest absolute Gasteiger partial charge is 0.396 e. The number of aliphatic hydroxyl groups excluding tert-OH is 2. The predicted molar refractivity (Wildman–Crippen MR) is 280 cm³/mol. The summed E-state index contributed by atoms with van der Waals surface area (Å²) in [6.07, 6.45) is 29.5. The summed E-state index contributed by atoms with van der Waals surface area (Å²) < 4.78 is 0. The number of anilines is 2. The summed E-state index contributed by atoms with van der Waals surface area (Å²) in [5.74, 6) is -0.446. The van der Waals surface area contributed by atoms with E-state index in [-0.39, 0.29) is 80.9 Å². The van der Waals surface area contributed by atoms with E-state index in [2.05, 4.69) is 33.8 Å². The molecule has 0 saturated carbocycles. The Bertz CT molecular complexity index is 1810. The first kappa shape index (κ1) is 60.3. The second-order valence-electron chi connectivity index (χ2n) is 18.0. The number of unbranched alkanes of at least 4 members (excludes halogenated alkanes) is 20. The fraction of sp³-hybridized carbons (Fsp3) is 0.692. The summed E-state index contributed by atoms with van der Waals surface area (Å²) in [7, 11) is 2.43. The number of Topliss-reactive ketones (excluding diaryl/α,β-unsaturated/α-hetero) is 2. The lowest BCUT2D eigenvalue weighted by atomic mass is 9.87. The third-order valence-corrected chi connectivity index (χ3v) is 15.1. The Morgan fingerprint density at radius 2 is 0.926 bits per heavy atom. The average Bonchev–Trinajstić information content (AvgIpc) is 3.32. The van der Waals surface area contributed by atoms with Gasteiger partial charge in [0.1, 0.15) is 40.8 Å². The molecule has 2 amide bonds. The maximum Gasteiger partial charge on any atom is 0.214 e. The van der Waals surface area contributed by atoms with Crippen molar-refractivity contribution in [1.29, 1.82) is 0 Å². The van der Waals surface area contributed by atoms with Crippen LogP contribution in [-0.2, 0) is 32.3 Å². The van der Waals surface area contributed by atoms with Gasteiger partial charge in [0, 0.05) is 83.6 Å². The van der Waals surface area contributed by atoms with E-state index in [0.29, 0.717) is 63.9 Å². The van der Waals surface area contributed by atoms with Crippen LogP contribution in [0.15, 0.2) is 33.6 Å². The molecule has 0 atom stereocenters. The summed E-state index contributed by atoms with van der Waals surface area (Å²) in [5.41, 5.74) is 14.3. The van der Waals surface area contributed by atoms with E-state index in [1.54, 1.807) is 33.2 Å². The number of hydrogen-bond acceptors (Lipinski definition) is 14. The van der Waals surface area contributed by atoms with Gasteiger partial charge in [0.25, 0.3) is 0 Å². The van der Waals surface area contributed by atoms with Crippen LogP contribution in [0.4, 0.5) is 11.6 Å². The molecule has 0 spiro atoms. The number of hydrogen-bond donors (Lipinski definition) is 4. The molecule has 6 N–H and O–H groups in total. The molecule has 0 saturated heterocycles. The molecule has 2 aromatic heterocycles. The Morgan fingerprint density at radius 1 is 0.574 bits per heavy atom. The van der Waals surface area contributed by atoms with Gasteiger partial charge in [0.15, 0.2) is 0 Å². The lowest BCUT2D eigenvalue weighted by molar-refractivity contribution is -0.132. The molecule has 2 heterocycles. The van der Waals surface area contributed by atoms with Crippen molar-refractivity contribution in [1.82, 2.24) is 29.7 Å². The number of aromatic nitrogens is 4. The minimum absolute atomic E-state index is 0.0191. The Balaban J connectivity index is 2.56. The first-order chi connectivity index (χ1) is 32.9. The number of rotatable bonds is 42. The highest BCUT2D eigenvalue weighted by molar-refractivity contribution is 8.79. The van der Waals surface area contributed by atoms with Crippen molar-refractivity contribution in [2.45, 2.75) is 215 Å². The molecule has 0 aliphatic heterocycles. The van der Waals surface area contributed by atoms with Crippen LogP contribution >= 0.6 is 21.6 Å². The molecule has 0 aliphatic rings. The Kier molecular flexibility index (Phi) is 32.8. The monoisotopic (exact) mass is 983 g/mol. The molecule has 14 nitrogen and oxygen atoms in total. The number of ketones is 2. The van der Waals surface area contributed by atoms with Gasteiger partial charge in [0.2, 0.25) is 12.8 Å². The molecular weight excluding hydrogens is 897 g/mol. The Hall–Kier alpha value is -3.86. The molecule has 68 heavy (non-hydrogen) atoms. The van der Waals surface area contributed by atoms with E-state index in [1.165, 1.54) is 108 Å². The second kappa shape index (κ2) is 37.0. The van der Waals surface area contributed by atoms with E-state index in [1.807, 2.05) is 0 Å². The normalized spacial score (nSPS) is 12.2. The number of nitrogens with zero attached hydrogens (tertiary/aromatic N) is 6. The summed E-state index contributed by atoms with van der Waals surface area (Å²) in [4.78, 5) is 76.4. The van der Waals surface area contributed by atoms with E-state index >= 15 is 0 Å². The van der Waals surface area contributed by atoms with Gasteiger partial charge in [-0.05, 0) is 33.6 Å². The lowest BCUT2D eigenvalue weighted by Gasteiger charge is -2.30. The van der Waals surface area contributed by atoms with Crippen LogP contribution in [0.3, 0.4) is 0 Å². The third kappa shape index (κ3) is 23.6. The summed E-state index contributed by atoms with van der Waals surface area (Å²) >= 11 is 0. The van der Waals surface area contributed by atoms with E-state index in [0.717, 1.165) is 51.4 Å². The second-order valence-corrected chi connectivity index (χ2v) is 20.3. The van der Waals surface area contributed by atoms with Crippen LogP contribution in [-0.4, -0.2) is 77.5 Å². The minimum Gasteiger partial charge on any atom is -0.396 e. The molecule has 2 rings (SSSR count). The number of aryl methyl sites for hydroxylation is 2. The van der Waals surface area contributed by atoms with Gasteiger partial charge in [0.05, 0.1) is 13.1 Å². The van der Waals surface area contributed by atoms with Crippen molar-refractivity contribution in [3.8, 4) is 0 Å². The standard InChI is InChI=1S/C52H86N8O6S2/c1-6-8-10-12-14-16-18-20-22-24-26-28-45(65)49(46(66)29-27-25-23-21-19-17-15-13-11-9-7-2)50(60(39-64)37-44-35-56-42(5)58-52(44)54)48(31-33-62)68-67-47(30-32-61)40(3)59(38-63)36-43-34-55-41(4)57-51(43)53/h34-35,38-39,49,61-62H,6-33,36-37H2,1-5H3,(H2,53,55,57)(H2,54,56,58). The Morgan fingerprint density at radius 3 is 1.29 bits per heavy atom. The highest BCUT2D eigenvalue weighted by atomic mass is 33.1. The van der Waals surface area contributed by atoms with Crippen molar-refractivity contribution in [3.63, 3.8) is 0 Å². The number of nitrogen functional groups attached to an aromatic ring is 2. The van der Waals surface area contributed by atoms with Gasteiger partial charge < -0.3 is 31.5 Å². The smallest absolute Gasteiger partial charge is 0.214 e. The number of carbonyl (C=O) groups is 4. The van der Waals surface area contributed by atoms with Crippen LogP contribution in [0.5, 0.6) is 0 Å². The molecular formula is C52H86N8O6S2. The van der Waals surface area contributed by atoms with Crippen LogP contribution in [0.25, 0.3) is 0 Å². The predicted octanol–water partition coefficient (Wildman–Crippen LogP) is 11.4. The number of carbonyl (C=O) groups excluding carboxylic acids is 4. The molecule has 382 valence electrons. The summed E-state index contributed by atoms with van der Waals surface area (Å²) in [6, 6.07) is 0. The van der Waals surface area contributed by atoms with Crippen LogP contribution in [0, 0.1) is 19.8 Å². The Labute approximate surface area is 416 Å². The third-order valence-electron chi connectivity index (χ3n) is 12.3. The van der Waals surface area contributed by atoms with Crippen LogP contribution in [0.2, 0.25) is 0 Å². The molecule has 0 radical (unpaired) electrons. The maximum atomic E-state index is 14.7. The highest BCUT2D eigenvalue weighted by Crippen LogP contribution is 2.45. The van der Waals surface area contributed by atoms with Crippen molar-refractivity contribution in [3.05, 3.63) is 56.4 Å². The number of aliphatic hydroxyl groups is 2. The zero-order valence-corrected chi connectivity index (χ0v) is 43.9. The summed E-state index contributed by atoms with van der Waals surface area (Å²) in [6.45, 7) is 9.02. The maximum absolute atomic E-state index is 14.7. The zero-order valence-electron chi connectivity index (χ0n) is 42.3. The number of amides is 2. The molecule has 16 heteroatoms. The van der Waals surface area contributed by atoms with Gasteiger partial charge in [-0.1, -0.05) is 164 Å². The van der Waals surface area contributed by atoms with Crippen LogP contribution < -0.4 is 11.5 Å². The quantitative estimate of drug-likeness (QED) is 0.0211. The molecule has 0 unspecified atom stereocenters. The topological polar surface area (TPSA) is 219 Å². The molecule has 0 aromatic carbocycles. The zero-order chi connectivity index (χ0) is 49.9. The van der Waals surface area contributed by atoms with Gasteiger partial charge in [-0.2, -0.15) is 0 Å². The fourth-order valence-corrected chi connectivity index (χ4v) is 11.0. The van der Waals surface area contributed by atoms with Crippen molar-refractivity contribution < 1.29 is 29.4 Å². The van der Waals surface area contributed by atoms with Crippen LogP contribution in [0.1, 0.15) is 210 Å². The van der Waals surface area contributed by atoms with Crippen molar-refractivity contribution in [2.75, 3.05) is 24.7 Å². The highest BCUT2D eigenvalue weighted by Gasteiger charge is 2.35. The van der Waals surface area contributed by atoms with Gasteiger partial charge >= 0.3 is 0 Å². The van der Waals surface area contributed by atoms with Crippen molar-refractivity contribution in [2.24, 2.45) is 5.92 Å². The number of nitrogens with two attached hydrogens (primary N) is 2. The van der Waals surface area contributed by atoms with Gasteiger partial charge in [-0.15, -0.1) is 0 Å². The molecule has 2 aromatic rings. The fourth-order valence-electron chi connectivity index (χ4n) is 8.20. The first-order valence-electron chi connectivity index (χ1n) is 25.6. The molecule has 0 fully saturated rings. The van der Waals surface area contributed by atoms with Gasteiger partial charge in [-0.25, -0.2) is 19.9 Å². The van der Waals surface area contributed by atoms with Crippen molar-refractivity contribution >= 4 is 57.6 Å². The molecule has 0 bridgehead atoms. The summed E-state index contributed by atoms with van der Waals surface area (Å²) in [5, 5.41) is 20.8. The van der Waals surface area contributed by atoms with E-state index < -0.39 is 5.92 Å². The SMILES string of the molecule is CCCCCCCCCCCCCC(=O)C(C(=O)CCCCCCCCCCCCC)C(=C(CCO)SSC(CCO)=C(C)N(C=O)Cc1cnc(C)nc1N)N(C=O)Cc1cnc(C)nc1N. The first-order valence-corrected chi connectivity index (χ1v) is 27.7. The van der Waals surface area contributed by atoms with E-state index in [4.69, 9.17) is 11.5 Å². The van der Waals surface area contributed by atoms with Gasteiger partial charge in [-0.3, -0.25) is 19.2 Å². The minimum atomic E-state index is -1.28. The molecule has 0 aliphatic carbocycles. The number of allylic oxidation sites excluding steroid dienone is 2. The van der Waals surface area contributed by atoms with E-state index in [9.17, 15) is 29.4 Å².